The highest BCUT2D eigenvalue weighted by Gasteiger charge is 2.31. The molecule has 1 fully saturated rings. The van der Waals surface area contributed by atoms with Crippen LogP contribution in [0.15, 0.2) is 54.9 Å². The SMILES string of the molecule is CN(C(=O)O)C1CCN(C(=O)Cn2nc(-c3ccncc3)cc2Cc2ccc(F)cc2)C1. The second kappa shape index (κ2) is 9.17. The fourth-order valence-electron chi connectivity index (χ4n) is 3.88. The molecule has 2 aromatic heterocycles. The first-order chi connectivity index (χ1) is 15.4. The van der Waals surface area contributed by atoms with Crippen molar-refractivity contribution in [1.29, 1.82) is 0 Å². The van der Waals surface area contributed by atoms with Gasteiger partial charge in [0.05, 0.1) is 11.7 Å². The zero-order chi connectivity index (χ0) is 22.7. The Labute approximate surface area is 184 Å². The zero-order valence-corrected chi connectivity index (χ0v) is 17.7. The van der Waals surface area contributed by atoms with Crippen LogP contribution in [0.4, 0.5) is 9.18 Å². The number of likely N-dealkylation sites (tertiary alicyclic amines) is 1. The van der Waals surface area contributed by atoms with E-state index in [1.54, 1.807) is 34.1 Å². The lowest BCUT2D eigenvalue weighted by atomic mass is 10.1. The van der Waals surface area contributed by atoms with Crippen LogP contribution in [0.2, 0.25) is 0 Å². The second-order valence-electron chi connectivity index (χ2n) is 7.89. The summed E-state index contributed by atoms with van der Waals surface area (Å²) in [7, 11) is 1.52. The summed E-state index contributed by atoms with van der Waals surface area (Å²) < 4.78 is 15.0. The van der Waals surface area contributed by atoms with Crippen LogP contribution < -0.4 is 0 Å². The average molecular weight is 437 g/mol. The molecule has 0 bridgehead atoms. The third kappa shape index (κ3) is 4.77. The van der Waals surface area contributed by atoms with E-state index in [9.17, 15) is 19.1 Å². The Morgan fingerprint density at radius 1 is 1.19 bits per heavy atom. The molecule has 3 heterocycles. The molecule has 8 nitrogen and oxygen atoms in total. The maximum Gasteiger partial charge on any atom is 0.407 e. The number of carbonyl (C=O) groups is 2. The zero-order valence-electron chi connectivity index (χ0n) is 17.7. The maximum atomic E-state index is 13.3. The van der Waals surface area contributed by atoms with Crippen LogP contribution in [-0.2, 0) is 17.8 Å². The van der Waals surface area contributed by atoms with Gasteiger partial charge in [-0.15, -0.1) is 0 Å². The summed E-state index contributed by atoms with van der Waals surface area (Å²) in [6.07, 6.45) is 3.47. The summed E-state index contributed by atoms with van der Waals surface area (Å²) in [6.45, 7) is 0.922. The average Bonchev–Trinajstić information content (AvgIpc) is 3.43. The Morgan fingerprint density at radius 2 is 1.91 bits per heavy atom. The van der Waals surface area contributed by atoms with Crippen LogP contribution in [0.25, 0.3) is 11.3 Å². The minimum absolute atomic E-state index is 0.0467. The molecule has 1 N–H and O–H groups in total. The molecule has 0 saturated carbocycles. The van der Waals surface area contributed by atoms with Gasteiger partial charge in [-0.1, -0.05) is 12.1 Å². The van der Waals surface area contributed by atoms with Crippen molar-refractivity contribution in [3.63, 3.8) is 0 Å². The van der Waals surface area contributed by atoms with Crippen molar-refractivity contribution in [3.8, 4) is 11.3 Å². The molecule has 1 aliphatic heterocycles. The Hall–Kier alpha value is -3.75. The molecule has 0 radical (unpaired) electrons. The number of aromatic nitrogens is 3. The van der Waals surface area contributed by atoms with Crippen LogP contribution in [-0.4, -0.2) is 67.9 Å². The lowest BCUT2D eigenvalue weighted by Crippen LogP contribution is -2.40. The van der Waals surface area contributed by atoms with E-state index in [-0.39, 0.29) is 24.3 Å². The molecule has 1 aliphatic rings. The molecule has 1 aromatic carbocycles. The van der Waals surface area contributed by atoms with Crippen molar-refractivity contribution < 1.29 is 19.1 Å². The monoisotopic (exact) mass is 437 g/mol. The highest BCUT2D eigenvalue weighted by atomic mass is 19.1. The number of pyridine rings is 1. The number of hydrogen-bond donors (Lipinski definition) is 1. The van der Waals surface area contributed by atoms with Gasteiger partial charge >= 0.3 is 6.09 Å². The van der Waals surface area contributed by atoms with Gasteiger partial charge < -0.3 is 14.9 Å². The van der Waals surface area contributed by atoms with Gasteiger partial charge in [0.1, 0.15) is 12.4 Å². The summed E-state index contributed by atoms with van der Waals surface area (Å²) in [5, 5.41) is 13.8. The number of rotatable bonds is 6. The van der Waals surface area contributed by atoms with E-state index in [1.807, 2.05) is 18.2 Å². The van der Waals surface area contributed by atoms with Crippen LogP contribution in [0.3, 0.4) is 0 Å². The van der Waals surface area contributed by atoms with Crippen molar-refractivity contribution in [3.05, 3.63) is 71.9 Å². The van der Waals surface area contributed by atoms with E-state index in [1.165, 1.54) is 24.1 Å². The fourth-order valence-corrected chi connectivity index (χ4v) is 3.88. The Morgan fingerprint density at radius 3 is 2.59 bits per heavy atom. The summed E-state index contributed by atoms with van der Waals surface area (Å²) in [5.41, 5.74) is 3.35. The first-order valence-electron chi connectivity index (χ1n) is 10.4. The van der Waals surface area contributed by atoms with Gasteiger partial charge in [0.25, 0.3) is 0 Å². The third-order valence-electron chi connectivity index (χ3n) is 5.79. The predicted octanol–water partition coefficient (Wildman–Crippen LogP) is 2.89. The maximum absolute atomic E-state index is 13.3. The van der Waals surface area contributed by atoms with Crippen molar-refractivity contribution in [2.24, 2.45) is 0 Å². The number of carboxylic acid groups (broad SMARTS) is 1. The van der Waals surface area contributed by atoms with Gasteiger partial charge in [-0.25, -0.2) is 9.18 Å². The van der Waals surface area contributed by atoms with Crippen LogP contribution in [0.1, 0.15) is 17.7 Å². The topological polar surface area (TPSA) is 91.6 Å². The molecule has 166 valence electrons. The van der Waals surface area contributed by atoms with Crippen molar-refractivity contribution >= 4 is 12.0 Å². The summed E-state index contributed by atoms with van der Waals surface area (Å²) >= 11 is 0. The number of likely N-dealkylation sites (N-methyl/N-ethyl adjacent to an activating group) is 1. The van der Waals surface area contributed by atoms with Crippen molar-refractivity contribution in [2.45, 2.75) is 25.4 Å². The molecular formula is C23H24FN5O3. The molecule has 2 amide bonds. The van der Waals surface area contributed by atoms with E-state index in [0.717, 1.165) is 22.5 Å². The minimum atomic E-state index is -1.00. The standard InChI is InChI=1S/C23H24FN5O3/c1-27(23(31)32)19-8-11-28(14-19)22(30)15-29-20(12-16-2-4-18(24)5-3-16)13-21(26-29)17-6-9-25-10-7-17/h2-7,9-10,13,19H,8,11-12,14-15H2,1H3,(H,31,32). The normalized spacial score (nSPS) is 15.7. The highest BCUT2D eigenvalue weighted by Crippen LogP contribution is 2.22. The molecule has 1 saturated heterocycles. The van der Waals surface area contributed by atoms with Gasteiger partial charge in [-0.3, -0.25) is 14.5 Å². The molecule has 0 aliphatic carbocycles. The second-order valence-corrected chi connectivity index (χ2v) is 7.89. The van der Waals surface area contributed by atoms with Crippen LogP contribution >= 0.6 is 0 Å². The first kappa shape index (κ1) is 21.5. The van der Waals surface area contributed by atoms with Crippen molar-refractivity contribution in [1.82, 2.24) is 24.6 Å². The smallest absolute Gasteiger partial charge is 0.407 e. The van der Waals surface area contributed by atoms with E-state index in [4.69, 9.17) is 0 Å². The minimum Gasteiger partial charge on any atom is -0.465 e. The van der Waals surface area contributed by atoms with Gasteiger partial charge in [0, 0.05) is 50.2 Å². The molecule has 1 unspecified atom stereocenters. The number of benzene rings is 1. The van der Waals surface area contributed by atoms with Crippen LogP contribution in [0.5, 0.6) is 0 Å². The number of nitrogens with zero attached hydrogens (tertiary/aromatic N) is 5. The van der Waals surface area contributed by atoms with Gasteiger partial charge in [0.15, 0.2) is 0 Å². The molecule has 1 atom stereocenters. The van der Waals surface area contributed by atoms with Gasteiger partial charge in [-0.2, -0.15) is 5.10 Å². The number of halogens is 1. The number of hydrogen-bond acceptors (Lipinski definition) is 4. The number of carbonyl (C=O) groups excluding carboxylic acids is 1. The quantitative estimate of drug-likeness (QED) is 0.640. The fraction of sp³-hybridized carbons (Fsp3) is 0.304. The van der Waals surface area contributed by atoms with Crippen LogP contribution in [0, 0.1) is 5.82 Å². The van der Waals surface area contributed by atoms with Gasteiger partial charge in [0.2, 0.25) is 5.91 Å². The Kier molecular flexibility index (Phi) is 6.16. The van der Waals surface area contributed by atoms with Gasteiger partial charge in [-0.05, 0) is 42.3 Å². The van der Waals surface area contributed by atoms with E-state index < -0.39 is 6.09 Å². The lowest BCUT2D eigenvalue weighted by molar-refractivity contribution is -0.131. The van der Waals surface area contributed by atoms with E-state index >= 15 is 0 Å². The predicted molar refractivity (Wildman–Crippen MR) is 115 cm³/mol. The summed E-state index contributed by atoms with van der Waals surface area (Å²) in [5.74, 6) is -0.416. The highest BCUT2D eigenvalue weighted by molar-refractivity contribution is 5.77. The molecule has 32 heavy (non-hydrogen) atoms. The molecule has 0 spiro atoms. The molecule has 4 rings (SSSR count). The Bertz CT molecular complexity index is 1100. The molecule has 9 heteroatoms. The summed E-state index contributed by atoms with van der Waals surface area (Å²) in [4.78, 5) is 31.2. The lowest BCUT2D eigenvalue weighted by Gasteiger charge is -2.22. The van der Waals surface area contributed by atoms with E-state index in [0.29, 0.717) is 25.9 Å². The summed E-state index contributed by atoms with van der Waals surface area (Å²) in [6, 6.07) is 11.7. The van der Waals surface area contributed by atoms with Crippen molar-refractivity contribution in [2.75, 3.05) is 20.1 Å². The first-order valence-corrected chi connectivity index (χ1v) is 10.4. The largest absolute Gasteiger partial charge is 0.465 e. The third-order valence-corrected chi connectivity index (χ3v) is 5.79. The molecule has 3 aromatic rings. The number of amides is 2. The van der Waals surface area contributed by atoms with E-state index in [2.05, 4.69) is 10.1 Å². The Balaban J connectivity index is 1.55. The molecular weight excluding hydrogens is 413 g/mol.